The van der Waals surface area contributed by atoms with Gasteiger partial charge in [0.2, 0.25) is 6.79 Å². The van der Waals surface area contributed by atoms with E-state index in [9.17, 15) is 5.11 Å². The average Bonchev–Trinajstić information content (AvgIpc) is 3.43. The van der Waals surface area contributed by atoms with Crippen LogP contribution in [0.15, 0.2) is 59.1 Å². The van der Waals surface area contributed by atoms with Crippen LogP contribution in [0.5, 0.6) is 11.5 Å². The molecule has 0 bridgehead atoms. The van der Waals surface area contributed by atoms with E-state index in [1.165, 1.54) is 10.8 Å². The molecule has 0 spiro atoms. The van der Waals surface area contributed by atoms with E-state index in [2.05, 4.69) is 72.8 Å². The van der Waals surface area contributed by atoms with Gasteiger partial charge >= 0.3 is 0 Å². The summed E-state index contributed by atoms with van der Waals surface area (Å²) in [6, 6.07) is 18.6. The molecule has 0 radical (unpaired) electrons. The molecule has 3 heterocycles. The zero-order valence-electron chi connectivity index (χ0n) is 19.3. The zero-order chi connectivity index (χ0) is 23.9. The maximum Gasteiger partial charge on any atom is 0.231 e. The molecule has 35 heavy (non-hydrogen) atoms. The number of rotatable bonds is 6. The molecule has 1 aromatic heterocycles. The molecule has 1 fully saturated rings. The number of aromatic nitrogens is 1. The number of aliphatic hydroxyl groups is 1. The second kappa shape index (κ2) is 9.64. The van der Waals surface area contributed by atoms with Gasteiger partial charge in [-0.15, -0.1) is 0 Å². The summed E-state index contributed by atoms with van der Waals surface area (Å²) in [7, 11) is 0. The van der Waals surface area contributed by atoms with Crippen molar-refractivity contribution < 1.29 is 14.6 Å². The first-order chi connectivity index (χ1) is 17.0. The van der Waals surface area contributed by atoms with Crippen molar-refractivity contribution in [3.05, 3.63) is 69.7 Å². The van der Waals surface area contributed by atoms with Gasteiger partial charge in [-0.25, -0.2) is 0 Å². The molecule has 0 aliphatic carbocycles. The summed E-state index contributed by atoms with van der Waals surface area (Å²) in [4.78, 5) is 4.75. The van der Waals surface area contributed by atoms with Crippen LogP contribution in [0.1, 0.15) is 5.56 Å². The van der Waals surface area contributed by atoms with Crippen LogP contribution >= 0.6 is 27.5 Å². The zero-order valence-corrected chi connectivity index (χ0v) is 21.6. The first-order valence-corrected chi connectivity index (χ1v) is 13.1. The summed E-state index contributed by atoms with van der Waals surface area (Å²) in [5, 5.41) is 14.2. The fourth-order valence-corrected chi connectivity index (χ4v) is 5.81. The van der Waals surface area contributed by atoms with Crippen molar-refractivity contribution in [1.29, 1.82) is 0 Å². The lowest BCUT2D eigenvalue weighted by Crippen LogP contribution is -2.48. The predicted molar refractivity (Wildman–Crippen MR) is 142 cm³/mol. The molecule has 2 aliphatic heterocycles. The molecule has 182 valence electrons. The highest BCUT2D eigenvalue weighted by Gasteiger charge is 2.23. The monoisotopic (exact) mass is 555 g/mol. The Balaban J connectivity index is 1.09. The van der Waals surface area contributed by atoms with Gasteiger partial charge in [0, 0.05) is 76.6 Å². The number of halogens is 2. The summed E-state index contributed by atoms with van der Waals surface area (Å²) < 4.78 is 14.2. The minimum absolute atomic E-state index is 0.252. The Morgan fingerprint density at radius 2 is 1.57 bits per heavy atom. The van der Waals surface area contributed by atoms with E-state index < -0.39 is 6.10 Å². The highest BCUT2D eigenvalue weighted by atomic mass is 79.9. The molecule has 6 nitrogen and oxygen atoms in total. The third-order valence-electron chi connectivity index (χ3n) is 7.00. The normalized spacial score (nSPS) is 17.5. The van der Waals surface area contributed by atoms with Crippen molar-refractivity contribution in [3.63, 3.8) is 0 Å². The highest BCUT2D eigenvalue weighted by molar-refractivity contribution is 9.10. The van der Waals surface area contributed by atoms with Gasteiger partial charge in [-0.1, -0.05) is 45.7 Å². The number of β-amino-alcohol motifs (C(OH)–C–C–N with tert-alkyl or cyclic N) is 1. The molecule has 1 N–H and O–H groups in total. The molecule has 1 saturated heterocycles. The van der Waals surface area contributed by atoms with Crippen molar-refractivity contribution >= 4 is 49.3 Å². The van der Waals surface area contributed by atoms with E-state index in [4.69, 9.17) is 21.1 Å². The number of fused-ring (bicyclic) bond motifs is 4. The van der Waals surface area contributed by atoms with Gasteiger partial charge in [-0.3, -0.25) is 9.80 Å². The second-order valence-corrected chi connectivity index (χ2v) is 10.6. The van der Waals surface area contributed by atoms with Gasteiger partial charge in [0.25, 0.3) is 0 Å². The topological polar surface area (TPSA) is 50.1 Å². The molecule has 4 aromatic rings. The van der Waals surface area contributed by atoms with Gasteiger partial charge in [-0.2, -0.15) is 0 Å². The van der Waals surface area contributed by atoms with Crippen LogP contribution in [-0.2, 0) is 13.1 Å². The van der Waals surface area contributed by atoms with Gasteiger partial charge in [0.05, 0.1) is 12.6 Å². The summed E-state index contributed by atoms with van der Waals surface area (Å²) in [6.45, 7) is 5.95. The molecule has 2 aliphatic rings. The number of piperazine rings is 1. The molecule has 8 heteroatoms. The smallest absolute Gasteiger partial charge is 0.231 e. The molecule has 1 atom stereocenters. The van der Waals surface area contributed by atoms with Crippen molar-refractivity contribution in [2.75, 3.05) is 39.5 Å². The molecular formula is C27H27BrClN3O3. The van der Waals surface area contributed by atoms with Crippen LogP contribution in [0, 0.1) is 0 Å². The Labute approximate surface area is 217 Å². The van der Waals surface area contributed by atoms with Crippen LogP contribution in [0.25, 0.3) is 21.8 Å². The van der Waals surface area contributed by atoms with Crippen molar-refractivity contribution in [2.45, 2.75) is 19.2 Å². The first kappa shape index (κ1) is 23.1. The Kier molecular flexibility index (Phi) is 6.37. The van der Waals surface area contributed by atoms with Crippen LogP contribution in [-0.4, -0.2) is 65.1 Å². The molecule has 1 unspecified atom stereocenters. The molecule has 0 saturated carbocycles. The Morgan fingerprint density at radius 3 is 2.40 bits per heavy atom. The van der Waals surface area contributed by atoms with Crippen molar-refractivity contribution in [1.82, 2.24) is 14.4 Å². The predicted octanol–water partition coefficient (Wildman–Crippen LogP) is 5.12. The summed E-state index contributed by atoms with van der Waals surface area (Å²) >= 11 is 10.1. The largest absolute Gasteiger partial charge is 0.454 e. The van der Waals surface area contributed by atoms with Gasteiger partial charge in [-0.05, 0) is 35.9 Å². The minimum atomic E-state index is -0.451. The number of hydrogen-bond donors (Lipinski definition) is 1. The Hall–Kier alpha value is -2.29. The molecule has 6 rings (SSSR count). The first-order valence-electron chi connectivity index (χ1n) is 11.9. The standard InChI is InChI=1S/C27H27BrClN3O3/c28-19-5-6-25-22(12-19)21-3-1-2-4-24(21)32(25)16-20(33)15-31-9-7-30(8-10-31)14-18-11-26-27(13-23(18)29)35-17-34-26/h1-6,11-13,20,33H,7-10,14-17H2. The number of para-hydroxylation sites is 1. The van der Waals surface area contributed by atoms with E-state index in [-0.39, 0.29) is 6.79 Å². The van der Waals surface area contributed by atoms with Crippen molar-refractivity contribution in [3.8, 4) is 11.5 Å². The lowest BCUT2D eigenvalue weighted by atomic mass is 10.1. The Bertz CT molecular complexity index is 1380. The van der Waals surface area contributed by atoms with E-state index in [0.29, 0.717) is 23.9 Å². The molecular weight excluding hydrogens is 530 g/mol. The van der Waals surface area contributed by atoms with Gasteiger partial charge in [0.1, 0.15) is 0 Å². The maximum absolute atomic E-state index is 11.0. The minimum Gasteiger partial charge on any atom is -0.454 e. The molecule has 0 amide bonds. The lowest BCUT2D eigenvalue weighted by Gasteiger charge is -2.35. The quantitative estimate of drug-likeness (QED) is 0.357. The van der Waals surface area contributed by atoms with Crippen LogP contribution in [0.4, 0.5) is 0 Å². The Morgan fingerprint density at radius 1 is 0.857 bits per heavy atom. The van der Waals surface area contributed by atoms with E-state index in [0.717, 1.165) is 59.5 Å². The third kappa shape index (κ3) is 4.63. The van der Waals surface area contributed by atoms with E-state index in [1.807, 2.05) is 12.1 Å². The second-order valence-electron chi connectivity index (χ2n) is 9.32. The summed E-state index contributed by atoms with van der Waals surface area (Å²) in [5.74, 6) is 1.48. The van der Waals surface area contributed by atoms with Gasteiger partial charge in [0.15, 0.2) is 11.5 Å². The van der Waals surface area contributed by atoms with Crippen LogP contribution in [0.3, 0.4) is 0 Å². The fraction of sp³-hybridized carbons (Fsp3) is 0.333. The van der Waals surface area contributed by atoms with Crippen LogP contribution in [0.2, 0.25) is 5.02 Å². The number of hydrogen-bond acceptors (Lipinski definition) is 5. The summed E-state index contributed by atoms with van der Waals surface area (Å²) in [5.41, 5.74) is 3.37. The maximum atomic E-state index is 11.0. The van der Waals surface area contributed by atoms with Gasteiger partial charge < -0.3 is 19.1 Å². The van der Waals surface area contributed by atoms with E-state index >= 15 is 0 Å². The molecule has 3 aromatic carbocycles. The van der Waals surface area contributed by atoms with Crippen LogP contribution < -0.4 is 9.47 Å². The SMILES string of the molecule is OC(CN1CCN(Cc2cc3c(cc2Cl)OCO3)CC1)Cn1c2ccccc2c2cc(Br)ccc21. The number of nitrogens with zero attached hydrogens (tertiary/aromatic N) is 3. The number of benzene rings is 3. The number of ether oxygens (including phenoxy) is 2. The fourth-order valence-electron chi connectivity index (χ4n) is 5.24. The number of aliphatic hydroxyl groups excluding tert-OH is 1. The van der Waals surface area contributed by atoms with E-state index in [1.54, 1.807) is 0 Å². The van der Waals surface area contributed by atoms with Crippen molar-refractivity contribution in [2.24, 2.45) is 0 Å². The summed E-state index contributed by atoms with van der Waals surface area (Å²) in [6.07, 6.45) is -0.451. The average molecular weight is 557 g/mol. The lowest BCUT2D eigenvalue weighted by molar-refractivity contribution is 0.0634. The third-order valence-corrected chi connectivity index (χ3v) is 7.84. The highest BCUT2D eigenvalue weighted by Crippen LogP contribution is 2.37.